The Kier molecular flexibility index (Phi) is 6.82. The van der Waals surface area contributed by atoms with E-state index in [1.807, 2.05) is 0 Å². The van der Waals surface area contributed by atoms with Crippen LogP contribution in [0.15, 0.2) is 12.2 Å². The summed E-state index contributed by atoms with van der Waals surface area (Å²) in [6.07, 6.45) is 0.552. The van der Waals surface area contributed by atoms with Crippen molar-refractivity contribution in [3.63, 3.8) is 0 Å². The molecule has 0 aromatic rings. The van der Waals surface area contributed by atoms with E-state index in [1.165, 1.54) is 27.7 Å². The molecule has 9 nitrogen and oxygen atoms in total. The van der Waals surface area contributed by atoms with Gasteiger partial charge < -0.3 is 18.9 Å². The van der Waals surface area contributed by atoms with Crippen molar-refractivity contribution in [2.24, 2.45) is 34.0 Å². The van der Waals surface area contributed by atoms with Crippen LogP contribution in [0.5, 0.6) is 0 Å². The van der Waals surface area contributed by atoms with E-state index >= 15 is 0 Å². The van der Waals surface area contributed by atoms with Crippen LogP contribution in [0.4, 0.5) is 0 Å². The molecule has 0 aromatic heterocycles. The molecule has 9 heteroatoms. The lowest BCUT2D eigenvalue weighted by Gasteiger charge is -2.66. The van der Waals surface area contributed by atoms with Gasteiger partial charge >= 0.3 is 23.9 Å². The van der Waals surface area contributed by atoms with E-state index < -0.39 is 64.3 Å². The van der Waals surface area contributed by atoms with Gasteiger partial charge in [0.25, 0.3) is 0 Å². The molecule has 37 heavy (non-hydrogen) atoms. The first-order valence-corrected chi connectivity index (χ1v) is 13.1. The van der Waals surface area contributed by atoms with Gasteiger partial charge in [0.1, 0.15) is 23.7 Å². The molecule has 1 spiro atoms. The number of Topliss-reactive ketones (excluding diaryl/α,β-unsaturated/α-hetero) is 1. The molecule has 204 valence electrons. The van der Waals surface area contributed by atoms with Gasteiger partial charge in [-0.1, -0.05) is 26.8 Å². The summed E-state index contributed by atoms with van der Waals surface area (Å²) in [6.45, 7) is 13.7. The van der Waals surface area contributed by atoms with Crippen LogP contribution >= 0.6 is 0 Å². The summed E-state index contributed by atoms with van der Waals surface area (Å²) in [6, 6.07) is 0. The van der Waals surface area contributed by atoms with Gasteiger partial charge in [0, 0.05) is 33.1 Å². The molecule has 0 aromatic carbocycles. The van der Waals surface area contributed by atoms with E-state index in [9.17, 15) is 24.0 Å². The molecule has 4 aliphatic carbocycles. The van der Waals surface area contributed by atoms with Gasteiger partial charge in [0.2, 0.25) is 0 Å². The predicted molar refractivity (Wildman–Crippen MR) is 130 cm³/mol. The summed E-state index contributed by atoms with van der Waals surface area (Å²) < 4.78 is 23.1. The van der Waals surface area contributed by atoms with Crippen LogP contribution < -0.4 is 0 Å². The first kappa shape index (κ1) is 27.3. The molecule has 4 saturated carbocycles. The number of ether oxygens (including phenoxy) is 4. The second-order valence-electron chi connectivity index (χ2n) is 12.0. The average molecular weight is 519 g/mol. The fourth-order valence-corrected chi connectivity index (χ4v) is 8.62. The maximum absolute atomic E-state index is 14.3. The maximum atomic E-state index is 14.3. The zero-order chi connectivity index (χ0) is 27.5. The molecule has 4 fully saturated rings. The van der Waals surface area contributed by atoms with Gasteiger partial charge in [0.05, 0.1) is 12.5 Å². The third kappa shape index (κ3) is 4.09. The number of hydrogen-bond donors (Lipinski definition) is 0. The van der Waals surface area contributed by atoms with Crippen LogP contribution in [-0.4, -0.2) is 54.6 Å². The fraction of sp³-hybridized carbons (Fsp3) is 0.750. The van der Waals surface area contributed by atoms with Gasteiger partial charge in [-0.05, 0) is 48.5 Å². The Labute approximate surface area is 217 Å². The predicted octanol–water partition coefficient (Wildman–Crippen LogP) is 3.32. The minimum absolute atomic E-state index is 0.0813. The molecule has 0 saturated heterocycles. The topological polar surface area (TPSA) is 122 Å². The Morgan fingerprint density at radius 1 is 0.865 bits per heavy atom. The lowest BCUT2D eigenvalue weighted by Crippen LogP contribution is -2.70. The van der Waals surface area contributed by atoms with Gasteiger partial charge in [-0.3, -0.25) is 24.0 Å². The monoisotopic (exact) mass is 518 g/mol. The first-order valence-electron chi connectivity index (χ1n) is 13.1. The van der Waals surface area contributed by atoms with Crippen LogP contribution in [0.2, 0.25) is 0 Å². The quantitative estimate of drug-likeness (QED) is 0.306. The molecule has 4 aliphatic rings. The van der Waals surface area contributed by atoms with Crippen molar-refractivity contribution in [3.8, 4) is 0 Å². The molecule has 9 atom stereocenters. The molecule has 0 aliphatic heterocycles. The summed E-state index contributed by atoms with van der Waals surface area (Å²) in [4.78, 5) is 62.9. The zero-order valence-corrected chi connectivity index (χ0v) is 22.6. The van der Waals surface area contributed by atoms with Gasteiger partial charge in [-0.15, -0.1) is 0 Å². The van der Waals surface area contributed by atoms with Crippen LogP contribution in [0.3, 0.4) is 0 Å². The summed E-state index contributed by atoms with van der Waals surface area (Å²) in [5, 5.41) is 0. The minimum atomic E-state index is -1.33. The summed E-state index contributed by atoms with van der Waals surface area (Å²) in [5.74, 6) is -3.50. The van der Waals surface area contributed by atoms with E-state index in [2.05, 4.69) is 20.4 Å². The van der Waals surface area contributed by atoms with E-state index in [-0.39, 0.29) is 29.9 Å². The second-order valence-corrected chi connectivity index (χ2v) is 12.0. The molecule has 0 heterocycles. The lowest BCUT2D eigenvalue weighted by molar-refractivity contribution is -0.254. The van der Waals surface area contributed by atoms with Crippen LogP contribution in [-0.2, 0) is 42.9 Å². The smallest absolute Gasteiger partial charge is 0.302 e. The summed E-state index contributed by atoms with van der Waals surface area (Å²) >= 11 is 0. The molecule has 0 amide bonds. The van der Waals surface area contributed by atoms with Crippen molar-refractivity contribution in [3.05, 3.63) is 12.2 Å². The van der Waals surface area contributed by atoms with Crippen LogP contribution in [0.25, 0.3) is 0 Å². The number of fused-ring (bicyclic) bond motifs is 3. The zero-order valence-electron chi connectivity index (χ0n) is 22.6. The van der Waals surface area contributed by atoms with E-state index in [4.69, 9.17) is 18.9 Å². The van der Waals surface area contributed by atoms with Crippen molar-refractivity contribution in [2.45, 2.75) is 92.0 Å². The largest absolute Gasteiger partial charge is 0.465 e. The molecule has 0 radical (unpaired) electrons. The van der Waals surface area contributed by atoms with Crippen molar-refractivity contribution in [1.82, 2.24) is 0 Å². The molecule has 0 N–H and O–H groups in total. The van der Waals surface area contributed by atoms with Crippen molar-refractivity contribution >= 4 is 29.7 Å². The van der Waals surface area contributed by atoms with Crippen molar-refractivity contribution in [1.29, 1.82) is 0 Å². The molecule has 0 unspecified atom stereocenters. The van der Waals surface area contributed by atoms with E-state index in [0.29, 0.717) is 12.8 Å². The normalized spacial score (nSPS) is 42.2. The standard InChI is InChI=1S/C28H38O9/c1-14-23-19(35-16(3)30)11-21-27(7)10-8-9-26(6,13-34-15(2)29)20(27)12-22(36-17(4)31)28(21,24(14)33)25(23)37-18(5)32/h19-23,25H,1,8-13H2,2-7H3/t19-,20-,21+,22-,23-,25-,26+,27+,28+/m0/s1. The van der Waals surface area contributed by atoms with Gasteiger partial charge in [-0.2, -0.15) is 0 Å². The Balaban J connectivity index is 1.93. The summed E-state index contributed by atoms with van der Waals surface area (Å²) in [5.41, 5.74) is -2.01. The third-order valence-corrected chi connectivity index (χ3v) is 9.73. The van der Waals surface area contributed by atoms with Crippen LogP contribution in [0.1, 0.15) is 73.6 Å². The lowest BCUT2D eigenvalue weighted by atomic mass is 9.39. The fourth-order valence-electron chi connectivity index (χ4n) is 8.62. The highest BCUT2D eigenvalue weighted by Crippen LogP contribution is 2.72. The number of esters is 4. The summed E-state index contributed by atoms with van der Waals surface area (Å²) in [7, 11) is 0. The molecule has 2 bridgehead atoms. The van der Waals surface area contributed by atoms with Crippen molar-refractivity contribution < 1.29 is 42.9 Å². The minimum Gasteiger partial charge on any atom is -0.465 e. The van der Waals surface area contributed by atoms with Crippen molar-refractivity contribution in [2.75, 3.05) is 6.61 Å². The molecular weight excluding hydrogens is 480 g/mol. The average Bonchev–Trinajstić information content (AvgIpc) is 2.91. The highest BCUT2D eigenvalue weighted by molar-refractivity contribution is 6.05. The van der Waals surface area contributed by atoms with Gasteiger partial charge in [0.15, 0.2) is 5.78 Å². The maximum Gasteiger partial charge on any atom is 0.302 e. The molecule has 4 rings (SSSR count). The first-order chi connectivity index (χ1) is 17.2. The number of carbonyl (C=O) groups is 5. The Morgan fingerprint density at radius 2 is 1.49 bits per heavy atom. The number of hydrogen-bond acceptors (Lipinski definition) is 9. The van der Waals surface area contributed by atoms with E-state index in [1.54, 1.807) is 0 Å². The third-order valence-electron chi connectivity index (χ3n) is 9.73. The number of ketones is 1. The number of carbonyl (C=O) groups excluding carboxylic acids is 5. The number of rotatable bonds is 5. The highest BCUT2D eigenvalue weighted by atomic mass is 16.6. The SMILES string of the molecule is C=C1C(=O)[C@]23[C@@H](OC(C)=O)C[C@H]4[C@@](C)(COC(C)=O)CCC[C@@]4(C)[C@H]2C[C@H](OC(C)=O)[C@H]1[C@@H]3OC(C)=O. The molecular formula is C28H38O9. The van der Waals surface area contributed by atoms with Gasteiger partial charge in [-0.25, -0.2) is 0 Å². The Morgan fingerprint density at radius 3 is 2.05 bits per heavy atom. The van der Waals surface area contributed by atoms with E-state index in [0.717, 1.165) is 19.3 Å². The highest BCUT2D eigenvalue weighted by Gasteiger charge is 2.78. The Bertz CT molecular complexity index is 1050. The second kappa shape index (κ2) is 9.24. The Hall–Kier alpha value is -2.71. The van der Waals surface area contributed by atoms with Crippen LogP contribution in [0, 0.1) is 34.0 Å².